The molecule has 0 saturated carbocycles. The molecule has 0 atom stereocenters. The summed E-state index contributed by atoms with van der Waals surface area (Å²) < 4.78 is 11.8. The van der Waals surface area contributed by atoms with Crippen LogP contribution < -0.4 is 10.5 Å². The number of hydrogen-bond donors (Lipinski definition) is 1. The Morgan fingerprint density at radius 1 is 1.12 bits per heavy atom. The number of halogens is 1. The normalized spacial score (nSPS) is 10.8. The van der Waals surface area contributed by atoms with Crippen molar-refractivity contribution >= 4 is 11.6 Å². The predicted molar refractivity (Wildman–Crippen MR) is 99.8 cm³/mol. The van der Waals surface area contributed by atoms with Gasteiger partial charge in [-0.25, -0.2) is 4.98 Å². The molecule has 3 aromatic rings. The molecule has 0 aliphatic carbocycles. The number of nitrogens with two attached hydrogens (primary N) is 1. The number of rotatable bonds is 7. The first-order chi connectivity index (χ1) is 12.2. The van der Waals surface area contributed by atoms with Gasteiger partial charge >= 0.3 is 0 Å². The molecule has 0 fully saturated rings. The third-order valence-electron chi connectivity index (χ3n) is 3.97. The second kappa shape index (κ2) is 8.19. The van der Waals surface area contributed by atoms with Crippen LogP contribution in [0.25, 0.3) is 11.5 Å². The van der Waals surface area contributed by atoms with Crippen LogP contribution in [0, 0.1) is 6.92 Å². The highest BCUT2D eigenvalue weighted by Crippen LogP contribution is 2.25. The fraction of sp³-hybridized carbons (Fsp3) is 0.250. The molecule has 0 spiro atoms. The monoisotopic (exact) mass is 356 g/mol. The minimum atomic E-state index is 0.364. The molecule has 0 saturated heterocycles. The summed E-state index contributed by atoms with van der Waals surface area (Å²) in [5.74, 6) is 2.19. The van der Waals surface area contributed by atoms with Crippen molar-refractivity contribution in [3.8, 4) is 17.2 Å². The lowest BCUT2D eigenvalue weighted by Crippen LogP contribution is -2.03. The molecule has 0 bridgehead atoms. The number of aryl methyl sites for hydroxylation is 2. The van der Waals surface area contributed by atoms with Gasteiger partial charge in [-0.05, 0) is 62.2 Å². The van der Waals surface area contributed by atoms with Crippen LogP contribution in [-0.4, -0.2) is 11.5 Å². The fourth-order valence-corrected chi connectivity index (χ4v) is 2.69. The van der Waals surface area contributed by atoms with Crippen LogP contribution in [0.15, 0.2) is 52.9 Å². The summed E-state index contributed by atoms with van der Waals surface area (Å²) in [6, 6.07) is 15.4. The maximum atomic E-state index is 5.98. The van der Waals surface area contributed by atoms with Gasteiger partial charge in [-0.2, -0.15) is 0 Å². The molecule has 130 valence electrons. The molecule has 0 aliphatic heterocycles. The van der Waals surface area contributed by atoms with E-state index in [0.29, 0.717) is 24.1 Å². The zero-order valence-electron chi connectivity index (χ0n) is 14.2. The third-order valence-corrected chi connectivity index (χ3v) is 4.22. The first-order valence-corrected chi connectivity index (χ1v) is 8.68. The van der Waals surface area contributed by atoms with Crippen LogP contribution in [0.5, 0.6) is 5.75 Å². The Bertz CT molecular complexity index is 828. The molecule has 0 aliphatic rings. The topological polar surface area (TPSA) is 61.3 Å². The predicted octanol–water partition coefficient (Wildman–Crippen LogP) is 4.77. The summed E-state index contributed by atoms with van der Waals surface area (Å²) in [4.78, 5) is 4.56. The van der Waals surface area contributed by atoms with Crippen LogP contribution in [0.1, 0.15) is 23.4 Å². The first kappa shape index (κ1) is 17.5. The molecule has 1 aromatic heterocycles. The van der Waals surface area contributed by atoms with E-state index in [-0.39, 0.29) is 0 Å². The van der Waals surface area contributed by atoms with E-state index in [4.69, 9.17) is 26.5 Å². The van der Waals surface area contributed by atoms with Crippen molar-refractivity contribution in [1.82, 2.24) is 4.98 Å². The van der Waals surface area contributed by atoms with E-state index in [2.05, 4.69) is 11.1 Å². The van der Waals surface area contributed by atoms with Gasteiger partial charge < -0.3 is 14.9 Å². The van der Waals surface area contributed by atoms with E-state index < -0.39 is 0 Å². The lowest BCUT2D eigenvalue weighted by atomic mass is 10.1. The fourth-order valence-electron chi connectivity index (χ4n) is 2.57. The average molecular weight is 357 g/mol. The van der Waals surface area contributed by atoms with Crippen molar-refractivity contribution in [1.29, 1.82) is 0 Å². The van der Waals surface area contributed by atoms with Gasteiger partial charge in [-0.1, -0.05) is 29.8 Å². The van der Waals surface area contributed by atoms with E-state index in [9.17, 15) is 0 Å². The summed E-state index contributed by atoms with van der Waals surface area (Å²) in [6.07, 6.45) is 1.84. The van der Waals surface area contributed by atoms with Crippen molar-refractivity contribution < 1.29 is 9.15 Å². The highest BCUT2D eigenvalue weighted by Gasteiger charge is 2.13. The van der Waals surface area contributed by atoms with Crippen molar-refractivity contribution in [3.63, 3.8) is 0 Å². The molecule has 1 heterocycles. The molecule has 0 radical (unpaired) electrons. The molecule has 2 N–H and O–H groups in total. The van der Waals surface area contributed by atoms with Gasteiger partial charge in [0.1, 0.15) is 23.8 Å². The number of oxazole rings is 1. The van der Waals surface area contributed by atoms with Crippen LogP contribution in [0.3, 0.4) is 0 Å². The summed E-state index contributed by atoms with van der Waals surface area (Å²) in [5, 5.41) is 0.685. The van der Waals surface area contributed by atoms with Crippen molar-refractivity contribution in [2.24, 2.45) is 5.73 Å². The highest BCUT2D eigenvalue weighted by molar-refractivity contribution is 6.30. The van der Waals surface area contributed by atoms with Gasteiger partial charge in [0.05, 0.1) is 0 Å². The van der Waals surface area contributed by atoms with E-state index >= 15 is 0 Å². The Labute approximate surface area is 152 Å². The zero-order valence-corrected chi connectivity index (χ0v) is 14.9. The minimum Gasteiger partial charge on any atom is -0.487 e. The van der Waals surface area contributed by atoms with Crippen LogP contribution in [-0.2, 0) is 13.0 Å². The lowest BCUT2D eigenvalue weighted by molar-refractivity contribution is 0.296. The molecule has 0 amide bonds. The summed E-state index contributed by atoms with van der Waals surface area (Å²) >= 11 is 5.93. The summed E-state index contributed by atoms with van der Waals surface area (Å²) in [6.45, 7) is 2.93. The number of nitrogens with zero attached hydrogens (tertiary/aromatic N) is 1. The number of benzene rings is 2. The summed E-state index contributed by atoms with van der Waals surface area (Å²) in [5.41, 5.74) is 8.45. The van der Waals surface area contributed by atoms with Gasteiger partial charge in [-0.3, -0.25) is 0 Å². The minimum absolute atomic E-state index is 0.364. The molecule has 0 unspecified atom stereocenters. The molecular weight excluding hydrogens is 336 g/mol. The van der Waals surface area contributed by atoms with E-state index in [1.807, 2.05) is 49.4 Å². The van der Waals surface area contributed by atoms with Crippen molar-refractivity contribution in [2.75, 3.05) is 6.54 Å². The number of aromatic nitrogens is 1. The molecule has 2 aromatic carbocycles. The first-order valence-electron chi connectivity index (χ1n) is 8.30. The van der Waals surface area contributed by atoms with E-state index in [0.717, 1.165) is 41.2 Å². The van der Waals surface area contributed by atoms with Crippen LogP contribution >= 0.6 is 11.6 Å². The van der Waals surface area contributed by atoms with E-state index in [1.54, 1.807) is 0 Å². The standard InChI is InChI=1S/C20H21ClN2O2/c1-14-18(23-20(25-14)16-8-10-17(21)11-9-16)13-24-19-7-3-2-5-15(19)6-4-12-22/h2-3,5,7-11H,4,6,12-13,22H2,1H3. The number of ether oxygens (including phenoxy) is 1. The van der Waals surface area contributed by atoms with E-state index in [1.165, 1.54) is 0 Å². The van der Waals surface area contributed by atoms with Gasteiger partial charge in [-0.15, -0.1) is 0 Å². The Morgan fingerprint density at radius 2 is 1.88 bits per heavy atom. The van der Waals surface area contributed by atoms with Crippen molar-refractivity contribution in [2.45, 2.75) is 26.4 Å². The Kier molecular flexibility index (Phi) is 5.74. The molecule has 4 nitrogen and oxygen atoms in total. The second-order valence-corrected chi connectivity index (χ2v) is 6.25. The van der Waals surface area contributed by atoms with Crippen LogP contribution in [0.4, 0.5) is 0 Å². The van der Waals surface area contributed by atoms with Gasteiger partial charge in [0.2, 0.25) is 5.89 Å². The molecule has 3 rings (SSSR count). The Hall–Kier alpha value is -2.30. The maximum Gasteiger partial charge on any atom is 0.226 e. The van der Waals surface area contributed by atoms with Gasteiger partial charge in [0.25, 0.3) is 0 Å². The number of hydrogen-bond acceptors (Lipinski definition) is 4. The molecular formula is C20H21ClN2O2. The lowest BCUT2D eigenvalue weighted by Gasteiger charge is -2.10. The Morgan fingerprint density at radius 3 is 2.64 bits per heavy atom. The molecule has 25 heavy (non-hydrogen) atoms. The van der Waals surface area contributed by atoms with Crippen molar-refractivity contribution in [3.05, 3.63) is 70.6 Å². The quantitative estimate of drug-likeness (QED) is 0.662. The smallest absolute Gasteiger partial charge is 0.226 e. The molecule has 5 heteroatoms. The van der Waals surface area contributed by atoms with Gasteiger partial charge in [0, 0.05) is 10.6 Å². The largest absolute Gasteiger partial charge is 0.487 e. The zero-order chi connectivity index (χ0) is 17.6. The average Bonchev–Trinajstić information content (AvgIpc) is 3.00. The van der Waals surface area contributed by atoms with Crippen LogP contribution in [0.2, 0.25) is 5.02 Å². The second-order valence-electron chi connectivity index (χ2n) is 5.82. The maximum absolute atomic E-state index is 5.98. The highest BCUT2D eigenvalue weighted by atomic mass is 35.5. The third kappa shape index (κ3) is 4.41. The van der Waals surface area contributed by atoms with Gasteiger partial charge in [0.15, 0.2) is 0 Å². The number of para-hydroxylation sites is 1. The Balaban J connectivity index is 1.73. The SMILES string of the molecule is Cc1oc(-c2ccc(Cl)cc2)nc1COc1ccccc1CCCN. The summed E-state index contributed by atoms with van der Waals surface area (Å²) in [7, 11) is 0.